The van der Waals surface area contributed by atoms with E-state index >= 15 is 0 Å². The molecule has 0 spiro atoms. The van der Waals surface area contributed by atoms with Crippen LogP contribution in [0.3, 0.4) is 0 Å². The molecule has 2 fully saturated rings. The molecule has 1 heterocycles. The van der Waals surface area contributed by atoms with Crippen LogP contribution in [0, 0.1) is 11.8 Å². The molecule has 2 aliphatic rings. The average Bonchev–Trinajstić information content (AvgIpc) is 2.89. The third-order valence-electron chi connectivity index (χ3n) is 5.03. The SMILES string of the molecule is C[Si](C)(C)c1ccc(CN2CC3CCCC3C2)cc1. The van der Waals surface area contributed by atoms with Crippen molar-refractivity contribution in [2.75, 3.05) is 13.1 Å². The van der Waals surface area contributed by atoms with Gasteiger partial charge in [-0.3, -0.25) is 4.90 Å². The Hall–Kier alpha value is -0.603. The van der Waals surface area contributed by atoms with Crippen LogP contribution in [0.2, 0.25) is 19.6 Å². The van der Waals surface area contributed by atoms with Crippen molar-refractivity contribution in [3.63, 3.8) is 0 Å². The van der Waals surface area contributed by atoms with Crippen molar-refractivity contribution in [3.8, 4) is 0 Å². The smallest absolute Gasteiger partial charge is 0.0775 e. The number of nitrogens with zero attached hydrogens (tertiary/aromatic N) is 1. The summed E-state index contributed by atoms with van der Waals surface area (Å²) in [5.41, 5.74) is 1.50. The standard InChI is InChI=1S/C17H27NSi/c1-19(2,3)17-9-7-14(8-10-17)11-18-12-15-5-4-6-16(15)13-18/h7-10,15-16H,4-6,11-13H2,1-3H3. The zero-order valence-electron chi connectivity index (χ0n) is 12.7. The molecule has 1 aliphatic heterocycles. The number of hydrogen-bond acceptors (Lipinski definition) is 1. The second-order valence-electron chi connectivity index (χ2n) is 7.59. The Balaban J connectivity index is 1.62. The van der Waals surface area contributed by atoms with Gasteiger partial charge >= 0.3 is 0 Å². The quantitative estimate of drug-likeness (QED) is 0.762. The third kappa shape index (κ3) is 2.95. The maximum Gasteiger partial charge on any atom is 0.0775 e. The van der Waals surface area contributed by atoms with E-state index in [-0.39, 0.29) is 0 Å². The summed E-state index contributed by atoms with van der Waals surface area (Å²) in [5, 5.41) is 1.58. The number of likely N-dealkylation sites (tertiary alicyclic amines) is 1. The Morgan fingerprint density at radius 2 is 1.58 bits per heavy atom. The summed E-state index contributed by atoms with van der Waals surface area (Å²) in [7, 11) is -1.13. The van der Waals surface area contributed by atoms with Gasteiger partial charge in [-0.2, -0.15) is 0 Å². The maximum absolute atomic E-state index is 2.68. The number of fused-ring (bicyclic) bond motifs is 1. The van der Waals surface area contributed by atoms with Gasteiger partial charge in [0.1, 0.15) is 0 Å². The lowest BCUT2D eigenvalue weighted by Gasteiger charge is -2.19. The van der Waals surface area contributed by atoms with Crippen molar-refractivity contribution in [2.45, 2.75) is 45.4 Å². The van der Waals surface area contributed by atoms with E-state index in [0.717, 1.165) is 11.8 Å². The first-order chi connectivity index (χ1) is 9.02. The van der Waals surface area contributed by atoms with Crippen LogP contribution in [0.5, 0.6) is 0 Å². The van der Waals surface area contributed by atoms with Crippen LogP contribution in [0.1, 0.15) is 24.8 Å². The van der Waals surface area contributed by atoms with Gasteiger partial charge in [0.25, 0.3) is 0 Å². The molecule has 1 saturated heterocycles. The average molecular weight is 273 g/mol. The first-order valence-electron chi connectivity index (χ1n) is 7.84. The monoisotopic (exact) mass is 273 g/mol. The molecule has 104 valence electrons. The van der Waals surface area contributed by atoms with E-state index in [2.05, 4.69) is 48.8 Å². The van der Waals surface area contributed by atoms with Crippen molar-refractivity contribution in [1.29, 1.82) is 0 Å². The van der Waals surface area contributed by atoms with Crippen molar-refractivity contribution in [2.24, 2.45) is 11.8 Å². The predicted molar refractivity (Wildman–Crippen MR) is 85.5 cm³/mol. The summed E-state index contributed by atoms with van der Waals surface area (Å²) >= 11 is 0. The molecule has 3 rings (SSSR count). The molecule has 2 atom stereocenters. The lowest BCUT2D eigenvalue weighted by atomic mass is 10.0. The molecule has 0 radical (unpaired) electrons. The molecule has 2 unspecified atom stereocenters. The van der Waals surface area contributed by atoms with E-state index < -0.39 is 8.07 Å². The predicted octanol–water partition coefficient (Wildman–Crippen LogP) is 3.46. The minimum atomic E-state index is -1.13. The lowest BCUT2D eigenvalue weighted by molar-refractivity contribution is 0.303. The third-order valence-corrected chi connectivity index (χ3v) is 7.09. The Kier molecular flexibility index (Phi) is 3.57. The first kappa shape index (κ1) is 13.4. The zero-order valence-corrected chi connectivity index (χ0v) is 13.7. The van der Waals surface area contributed by atoms with E-state index in [9.17, 15) is 0 Å². The van der Waals surface area contributed by atoms with Crippen LogP contribution < -0.4 is 5.19 Å². The lowest BCUT2D eigenvalue weighted by Crippen LogP contribution is -2.37. The van der Waals surface area contributed by atoms with Gasteiger partial charge in [-0.1, -0.05) is 55.5 Å². The highest BCUT2D eigenvalue weighted by molar-refractivity contribution is 6.88. The highest BCUT2D eigenvalue weighted by Gasteiger charge is 2.35. The molecule has 2 heteroatoms. The van der Waals surface area contributed by atoms with Gasteiger partial charge < -0.3 is 0 Å². The van der Waals surface area contributed by atoms with Crippen LogP contribution >= 0.6 is 0 Å². The van der Waals surface area contributed by atoms with Crippen molar-refractivity contribution in [1.82, 2.24) is 4.90 Å². The van der Waals surface area contributed by atoms with E-state index in [1.165, 1.54) is 44.5 Å². The van der Waals surface area contributed by atoms with Gasteiger partial charge in [0.05, 0.1) is 8.07 Å². The van der Waals surface area contributed by atoms with Gasteiger partial charge in [0, 0.05) is 19.6 Å². The largest absolute Gasteiger partial charge is 0.299 e. The molecule has 1 aromatic rings. The molecular formula is C17H27NSi. The molecule has 19 heavy (non-hydrogen) atoms. The summed E-state index contributed by atoms with van der Waals surface area (Å²) in [6.07, 6.45) is 4.44. The minimum Gasteiger partial charge on any atom is -0.299 e. The Morgan fingerprint density at radius 3 is 2.11 bits per heavy atom. The molecule has 1 saturated carbocycles. The molecule has 1 nitrogen and oxygen atoms in total. The molecule has 1 aliphatic carbocycles. The first-order valence-corrected chi connectivity index (χ1v) is 11.3. The van der Waals surface area contributed by atoms with E-state index in [1.807, 2.05) is 0 Å². The van der Waals surface area contributed by atoms with Crippen LogP contribution in [-0.2, 0) is 6.54 Å². The van der Waals surface area contributed by atoms with Gasteiger partial charge in [-0.25, -0.2) is 0 Å². The molecule has 0 bridgehead atoms. The molecule has 0 aromatic heterocycles. The molecular weight excluding hydrogens is 246 g/mol. The molecule has 1 aromatic carbocycles. The van der Waals surface area contributed by atoms with Crippen LogP contribution in [0.4, 0.5) is 0 Å². The number of rotatable bonds is 3. The summed E-state index contributed by atoms with van der Waals surface area (Å²) < 4.78 is 0. The highest BCUT2D eigenvalue weighted by Crippen LogP contribution is 2.38. The number of benzene rings is 1. The Labute approximate surface area is 119 Å². The second kappa shape index (κ2) is 5.06. The van der Waals surface area contributed by atoms with E-state index in [1.54, 1.807) is 5.19 Å². The maximum atomic E-state index is 2.68. The van der Waals surface area contributed by atoms with Gasteiger partial charge in [0.2, 0.25) is 0 Å². The van der Waals surface area contributed by atoms with E-state index in [4.69, 9.17) is 0 Å². The topological polar surface area (TPSA) is 3.24 Å². The van der Waals surface area contributed by atoms with Gasteiger partial charge in [-0.05, 0) is 30.2 Å². The van der Waals surface area contributed by atoms with E-state index in [0.29, 0.717) is 0 Å². The van der Waals surface area contributed by atoms with Gasteiger partial charge in [0.15, 0.2) is 0 Å². The fraction of sp³-hybridized carbons (Fsp3) is 0.647. The molecule has 0 amide bonds. The van der Waals surface area contributed by atoms with Crippen molar-refractivity contribution in [3.05, 3.63) is 29.8 Å². The van der Waals surface area contributed by atoms with Gasteiger partial charge in [-0.15, -0.1) is 0 Å². The summed E-state index contributed by atoms with van der Waals surface area (Å²) in [6, 6.07) is 9.47. The molecule has 0 N–H and O–H groups in total. The summed E-state index contributed by atoms with van der Waals surface area (Å²) in [6.45, 7) is 11.1. The van der Waals surface area contributed by atoms with Crippen LogP contribution in [-0.4, -0.2) is 26.1 Å². The zero-order chi connectivity index (χ0) is 13.5. The Bertz CT molecular complexity index is 420. The summed E-state index contributed by atoms with van der Waals surface area (Å²) in [4.78, 5) is 2.68. The highest BCUT2D eigenvalue weighted by atomic mass is 28.3. The summed E-state index contributed by atoms with van der Waals surface area (Å²) in [5.74, 6) is 2.03. The fourth-order valence-corrected chi connectivity index (χ4v) is 5.00. The van der Waals surface area contributed by atoms with Crippen molar-refractivity contribution >= 4 is 13.3 Å². The van der Waals surface area contributed by atoms with Crippen LogP contribution in [0.15, 0.2) is 24.3 Å². The Morgan fingerprint density at radius 1 is 1.00 bits per heavy atom. The minimum absolute atomic E-state index is 1.02. The van der Waals surface area contributed by atoms with Crippen LogP contribution in [0.25, 0.3) is 0 Å². The fourth-order valence-electron chi connectivity index (χ4n) is 3.83. The van der Waals surface area contributed by atoms with Crippen molar-refractivity contribution < 1.29 is 0 Å². The number of hydrogen-bond donors (Lipinski definition) is 0. The normalized spacial score (nSPS) is 27.7. The second-order valence-corrected chi connectivity index (χ2v) is 12.7.